The second-order valence-electron chi connectivity index (χ2n) is 7.30. The highest BCUT2D eigenvalue weighted by atomic mass is 32.1. The van der Waals surface area contributed by atoms with Crippen molar-refractivity contribution in [3.8, 4) is 11.4 Å². The van der Waals surface area contributed by atoms with E-state index in [2.05, 4.69) is 20.8 Å². The molecule has 0 unspecified atom stereocenters. The smallest absolute Gasteiger partial charge is 0.354 e. The molecule has 0 saturated heterocycles. The van der Waals surface area contributed by atoms with Crippen molar-refractivity contribution in [3.05, 3.63) is 70.0 Å². The summed E-state index contributed by atoms with van der Waals surface area (Å²) < 4.78 is 39.9. The maximum absolute atomic E-state index is 12.6. The first-order valence-corrected chi connectivity index (χ1v) is 10.5. The van der Waals surface area contributed by atoms with E-state index in [1.54, 1.807) is 4.57 Å². The van der Waals surface area contributed by atoms with E-state index in [4.69, 9.17) is 12.2 Å². The predicted octanol–water partition coefficient (Wildman–Crippen LogP) is 3.87. The van der Waals surface area contributed by atoms with E-state index >= 15 is 0 Å². The molecule has 0 fully saturated rings. The zero-order valence-electron chi connectivity index (χ0n) is 17.7. The highest BCUT2D eigenvalue weighted by Gasteiger charge is 2.30. The summed E-state index contributed by atoms with van der Waals surface area (Å²) >= 11 is 5.26. The minimum absolute atomic E-state index is 0.104. The minimum Gasteiger partial charge on any atom is -0.354 e. The molecule has 0 aliphatic heterocycles. The SMILES string of the molecule is Cc1ccc(-c2n[nH]c(=S)n2CCC(=O)NCCNC(=O)c2ccc(C(F)(F)F)cc2)cc1. The lowest BCUT2D eigenvalue weighted by molar-refractivity contribution is -0.137. The number of benzene rings is 2. The summed E-state index contributed by atoms with van der Waals surface area (Å²) in [7, 11) is 0. The molecule has 7 nitrogen and oxygen atoms in total. The average Bonchev–Trinajstić information content (AvgIpc) is 3.15. The fourth-order valence-electron chi connectivity index (χ4n) is 3.04. The molecule has 0 saturated carbocycles. The monoisotopic (exact) mass is 477 g/mol. The summed E-state index contributed by atoms with van der Waals surface area (Å²) in [6, 6.07) is 11.7. The number of carbonyl (C=O) groups is 2. The Kier molecular flexibility index (Phi) is 7.64. The number of hydrogen-bond donors (Lipinski definition) is 3. The zero-order valence-corrected chi connectivity index (χ0v) is 18.5. The van der Waals surface area contributed by atoms with E-state index in [0.29, 0.717) is 17.1 Å². The molecule has 0 spiro atoms. The number of aromatic amines is 1. The van der Waals surface area contributed by atoms with E-state index in [9.17, 15) is 22.8 Å². The molecule has 1 aromatic heterocycles. The third-order valence-corrected chi connectivity index (χ3v) is 5.15. The van der Waals surface area contributed by atoms with Gasteiger partial charge < -0.3 is 10.6 Å². The Morgan fingerprint density at radius 3 is 2.30 bits per heavy atom. The van der Waals surface area contributed by atoms with Crippen molar-refractivity contribution < 1.29 is 22.8 Å². The van der Waals surface area contributed by atoms with Crippen LogP contribution < -0.4 is 10.6 Å². The van der Waals surface area contributed by atoms with Gasteiger partial charge in [0.25, 0.3) is 5.91 Å². The molecule has 33 heavy (non-hydrogen) atoms. The summed E-state index contributed by atoms with van der Waals surface area (Å²) in [5.41, 5.74) is 1.27. The number of halogens is 3. The molecule has 3 N–H and O–H groups in total. The van der Waals surface area contributed by atoms with E-state index < -0.39 is 17.6 Å². The highest BCUT2D eigenvalue weighted by Crippen LogP contribution is 2.29. The van der Waals surface area contributed by atoms with Crippen LogP contribution in [0.5, 0.6) is 0 Å². The Bertz CT molecular complexity index is 1170. The lowest BCUT2D eigenvalue weighted by Gasteiger charge is -2.10. The Morgan fingerprint density at radius 1 is 1.03 bits per heavy atom. The number of H-pyrrole nitrogens is 1. The lowest BCUT2D eigenvalue weighted by Crippen LogP contribution is -2.35. The second kappa shape index (κ2) is 10.4. The first kappa shape index (κ1) is 24.2. The first-order valence-electron chi connectivity index (χ1n) is 10.1. The van der Waals surface area contributed by atoms with Gasteiger partial charge in [0.1, 0.15) is 0 Å². The van der Waals surface area contributed by atoms with Crippen molar-refractivity contribution in [3.63, 3.8) is 0 Å². The van der Waals surface area contributed by atoms with Crippen molar-refractivity contribution in [2.75, 3.05) is 13.1 Å². The summed E-state index contributed by atoms with van der Waals surface area (Å²) in [4.78, 5) is 24.2. The molecule has 11 heteroatoms. The van der Waals surface area contributed by atoms with E-state index in [1.807, 2.05) is 31.2 Å². The van der Waals surface area contributed by atoms with Crippen LogP contribution in [-0.2, 0) is 17.5 Å². The van der Waals surface area contributed by atoms with Gasteiger partial charge in [-0.15, -0.1) is 0 Å². The number of alkyl halides is 3. The molecule has 3 rings (SSSR count). The molecule has 0 aliphatic rings. The van der Waals surface area contributed by atoms with Crippen LogP contribution in [0.3, 0.4) is 0 Å². The van der Waals surface area contributed by atoms with E-state index in [1.165, 1.54) is 0 Å². The number of carbonyl (C=O) groups excluding carboxylic acids is 2. The number of aromatic nitrogens is 3. The predicted molar refractivity (Wildman–Crippen MR) is 119 cm³/mol. The molecule has 0 atom stereocenters. The number of aryl methyl sites for hydroxylation is 1. The molecule has 2 aromatic carbocycles. The van der Waals surface area contributed by atoms with Crippen LogP contribution in [0.4, 0.5) is 13.2 Å². The van der Waals surface area contributed by atoms with Gasteiger partial charge in [-0.3, -0.25) is 19.3 Å². The van der Waals surface area contributed by atoms with Crippen LogP contribution in [0.2, 0.25) is 0 Å². The van der Waals surface area contributed by atoms with Gasteiger partial charge in [-0.2, -0.15) is 18.3 Å². The van der Waals surface area contributed by atoms with Crippen molar-refractivity contribution in [1.82, 2.24) is 25.4 Å². The van der Waals surface area contributed by atoms with Gasteiger partial charge in [-0.25, -0.2) is 0 Å². The van der Waals surface area contributed by atoms with Crippen LogP contribution >= 0.6 is 12.2 Å². The van der Waals surface area contributed by atoms with Gasteiger partial charge in [0.05, 0.1) is 5.56 Å². The third kappa shape index (κ3) is 6.51. The van der Waals surface area contributed by atoms with Gasteiger partial charge in [0.15, 0.2) is 10.6 Å². The second-order valence-corrected chi connectivity index (χ2v) is 7.69. The van der Waals surface area contributed by atoms with Gasteiger partial charge in [0, 0.05) is 37.2 Å². The number of nitrogens with one attached hydrogen (secondary N) is 3. The first-order chi connectivity index (χ1) is 15.6. The Morgan fingerprint density at radius 2 is 1.67 bits per heavy atom. The number of rotatable bonds is 8. The van der Waals surface area contributed by atoms with Gasteiger partial charge in [0.2, 0.25) is 5.91 Å². The Hall–Kier alpha value is -3.47. The maximum atomic E-state index is 12.6. The van der Waals surface area contributed by atoms with Gasteiger partial charge in [-0.05, 0) is 43.4 Å². The number of nitrogens with zero attached hydrogens (tertiary/aromatic N) is 2. The molecule has 3 aromatic rings. The van der Waals surface area contributed by atoms with Crippen LogP contribution in [-0.4, -0.2) is 39.7 Å². The lowest BCUT2D eigenvalue weighted by atomic mass is 10.1. The van der Waals surface area contributed by atoms with E-state index in [0.717, 1.165) is 35.4 Å². The molecule has 0 bridgehead atoms. The van der Waals surface area contributed by atoms with Crippen molar-refractivity contribution in [1.29, 1.82) is 0 Å². The summed E-state index contributed by atoms with van der Waals surface area (Å²) in [5, 5.41) is 12.2. The van der Waals surface area contributed by atoms with Crippen molar-refractivity contribution in [2.45, 2.75) is 26.1 Å². The summed E-state index contributed by atoms with van der Waals surface area (Å²) in [6.07, 6.45) is -4.31. The molecule has 0 aliphatic carbocycles. The van der Waals surface area contributed by atoms with Gasteiger partial charge in [-0.1, -0.05) is 29.8 Å². The molecular formula is C22H22F3N5O2S. The fourth-order valence-corrected chi connectivity index (χ4v) is 3.26. The zero-order chi connectivity index (χ0) is 24.0. The van der Waals surface area contributed by atoms with E-state index in [-0.39, 0.29) is 31.0 Å². The molecule has 174 valence electrons. The van der Waals surface area contributed by atoms with Crippen LogP contribution in [0, 0.1) is 11.7 Å². The summed E-state index contributed by atoms with van der Waals surface area (Å²) in [6.45, 7) is 2.61. The fraction of sp³-hybridized carbons (Fsp3) is 0.273. The topological polar surface area (TPSA) is 91.8 Å². The highest BCUT2D eigenvalue weighted by molar-refractivity contribution is 7.71. The van der Waals surface area contributed by atoms with Crippen molar-refractivity contribution in [2.24, 2.45) is 0 Å². The molecule has 2 amide bonds. The normalized spacial score (nSPS) is 11.3. The Labute approximate surface area is 193 Å². The van der Waals surface area contributed by atoms with Crippen LogP contribution in [0.25, 0.3) is 11.4 Å². The number of amides is 2. The average molecular weight is 478 g/mol. The number of hydrogen-bond acceptors (Lipinski definition) is 4. The molecular weight excluding hydrogens is 455 g/mol. The third-order valence-electron chi connectivity index (χ3n) is 4.84. The standard InChI is InChI=1S/C22H22F3N5O2S/c1-14-2-4-15(5-3-14)19-28-29-21(33)30(19)13-10-18(31)26-11-12-27-20(32)16-6-8-17(9-7-16)22(23,24)25/h2-9H,10-13H2,1H3,(H,26,31)(H,27,32)(H,29,33). The van der Waals surface area contributed by atoms with Crippen LogP contribution in [0.1, 0.15) is 27.9 Å². The summed E-state index contributed by atoms with van der Waals surface area (Å²) in [5.74, 6) is -0.126. The minimum atomic E-state index is -4.46. The molecule has 1 heterocycles. The quantitative estimate of drug-likeness (QED) is 0.339. The largest absolute Gasteiger partial charge is 0.416 e. The molecule has 0 radical (unpaired) electrons. The van der Waals surface area contributed by atoms with Crippen LogP contribution in [0.15, 0.2) is 48.5 Å². The Balaban J connectivity index is 1.44. The maximum Gasteiger partial charge on any atom is 0.416 e. The van der Waals surface area contributed by atoms with Crippen molar-refractivity contribution >= 4 is 24.0 Å². The van der Waals surface area contributed by atoms with Gasteiger partial charge >= 0.3 is 6.18 Å².